The fourth-order valence-electron chi connectivity index (χ4n) is 1.44. The van der Waals surface area contributed by atoms with Gasteiger partial charge in [-0.3, -0.25) is 4.21 Å². The van der Waals surface area contributed by atoms with E-state index in [4.69, 9.17) is 10.5 Å². The summed E-state index contributed by atoms with van der Waals surface area (Å²) in [6.45, 7) is 5.34. The summed E-state index contributed by atoms with van der Waals surface area (Å²) in [5, 5.41) is 0. The summed E-state index contributed by atoms with van der Waals surface area (Å²) in [6.07, 6.45) is 1.01. The molecule has 0 heterocycles. The van der Waals surface area contributed by atoms with E-state index in [-0.39, 0.29) is 0 Å². The molecule has 2 N–H and O–H groups in total. The highest BCUT2D eigenvalue weighted by molar-refractivity contribution is 7.84. The number of benzene rings is 1. The molecular formula is C14H23NO2S. The Morgan fingerprint density at radius 2 is 1.89 bits per heavy atom. The highest BCUT2D eigenvalue weighted by Gasteiger charge is 2.02. The van der Waals surface area contributed by atoms with Crippen molar-refractivity contribution in [2.45, 2.75) is 26.8 Å². The van der Waals surface area contributed by atoms with Crippen LogP contribution in [0.5, 0.6) is 5.75 Å². The van der Waals surface area contributed by atoms with Crippen LogP contribution in [0.3, 0.4) is 0 Å². The van der Waals surface area contributed by atoms with Crippen LogP contribution < -0.4 is 10.5 Å². The molecule has 1 atom stereocenters. The summed E-state index contributed by atoms with van der Waals surface area (Å²) in [5.74, 6) is 2.80. The molecule has 1 rings (SSSR count). The Bertz CT molecular complexity index is 363. The van der Waals surface area contributed by atoms with Gasteiger partial charge in [-0.2, -0.15) is 0 Å². The molecule has 4 heteroatoms. The van der Waals surface area contributed by atoms with Crippen LogP contribution in [-0.4, -0.2) is 22.3 Å². The molecule has 1 aromatic rings. The Kier molecular flexibility index (Phi) is 6.98. The van der Waals surface area contributed by atoms with E-state index in [0.29, 0.717) is 24.8 Å². The molecule has 0 fully saturated rings. The fourth-order valence-corrected chi connectivity index (χ4v) is 2.65. The first-order chi connectivity index (χ1) is 8.61. The molecule has 0 aliphatic carbocycles. The maximum Gasteiger partial charge on any atom is 0.119 e. The Hall–Kier alpha value is -0.870. The third-order valence-corrected chi connectivity index (χ3v) is 3.97. The highest BCUT2D eigenvalue weighted by atomic mass is 32.2. The zero-order valence-corrected chi connectivity index (χ0v) is 12.0. The topological polar surface area (TPSA) is 52.3 Å². The Morgan fingerprint density at radius 1 is 1.22 bits per heavy atom. The lowest BCUT2D eigenvalue weighted by Crippen LogP contribution is -2.12. The predicted octanol–water partition coefficient (Wildman–Crippen LogP) is 2.32. The van der Waals surface area contributed by atoms with Crippen LogP contribution >= 0.6 is 0 Å². The van der Waals surface area contributed by atoms with Gasteiger partial charge in [-0.05, 0) is 30.0 Å². The third-order valence-electron chi connectivity index (χ3n) is 2.66. The zero-order valence-electron chi connectivity index (χ0n) is 11.2. The molecule has 102 valence electrons. The average Bonchev–Trinajstić information content (AvgIpc) is 2.37. The Morgan fingerprint density at radius 3 is 2.44 bits per heavy atom. The number of hydrogen-bond donors (Lipinski definition) is 1. The van der Waals surface area contributed by atoms with Crippen LogP contribution in [-0.2, 0) is 17.3 Å². The molecule has 0 aromatic heterocycles. The van der Waals surface area contributed by atoms with Crippen molar-refractivity contribution in [2.24, 2.45) is 11.7 Å². The zero-order chi connectivity index (χ0) is 13.4. The second-order valence-corrected chi connectivity index (χ2v) is 6.42. The lowest BCUT2D eigenvalue weighted by atomic mass is 10.2. The molecule has 0 saturated heterocycles. The standard InChI is InChI=1S/C14H23NO2S/c1-12(2)7-9-18(16)10-8-17-14-5-3-13(11-15)4-6-14/h3-6,12H,7-11,15H2,1-2H3. The van der Waals surface area contributed by atoms with Gasteiger partial charge in [-0.15, -0.1) is 0 Å². The van der Waals surface area contributed by atoms with Gasteiger partial charge in [0, 0.05) is 23.1 Å². The van der Waals surface area contributed by atoms with Crippen molar-refractivity contribution in [1.82, 2.24) is 0 Å². The summed E-state index contributed by atoms with van der Waals surface area (Å²) in [5.41, 5.74) is 6.60. The normalized spacial score (nSPS) is 12.7. The van der Waals surface area contributed by atoms with Crippen LogP contribution in [0.25, 0.3) is 0 Å². The van der Waals surface area contributed by atoms with Crippen molar-refractivity contribution >= 4 is 10.8 Å². The van der Waals surface area contributed by atoms with Gasteiger partial charge in [-0.1, -0.05) is 26.0 Å². The van der Waals surface area contributed by atoms with Crippen molar-refractivity contribution in [3.8, 4) is 5.75 Å². The van der Waals surface area contributed by atoms with Gasteiger partial charge in [0.2, 0.25) is 0 Å². The first kappa shape index (κ1) is 15.2. The molecule has 1 unspecified atom stereocenters. The van der Waals surface area contributed by atoms with Crippen molar-refractivity contribution in [2.75, 3.05) is 18.1 Å². The second kappa shape index (κ2) is 8.27. The van der Waals surface area contributed by atoms with Gasteiger partial charge < -0.3 is 10.5 Å². The van der Waals surface area contributed by atoms with Crippen LogP contribution in [0, 0.1) is 5.92 Å². The number of hydrogen-bond acceptors (Lipinski definition) is 3. The van der Waals surface area contributed by atoms with E-state index in [0.717, 1.165) is 23.5 Å². The molecule has 0 amide bonds. The lowest BCUT2D eigenvalue weighted by molar-refractivity contribution is 0.342. The van der Waals surface area contributed by atoms with Crippen molar-refractivity contribution in [1.29, 1.82) is 0 Å². The Labute approximate surface area is 112 Å². The van der Waals surface area contributed by atoms with Crippen LogP contribution in [0.1, 0.15) is 25.8 Å². The molecule has 1 aromatic carbocycles. The maximum atomic E-state index is 11.7. The monoisotopic (exact) mass is 269 g/mol. The summed E-state index contributed by atoms with van der Waals surface area (Å²) in [6, 6.07) is 7.70. The molecule has 0 radical (unpaired) electrons. The first-order valence-electron chi connectivity index (χ1n) is 6.38. The smallest absolute Gasteiger partial charge is 0.119 e. The van der Waals surface area contributed by atoms with E-state index in [9.17, 15) is 4.21 Å². The Balaban J connectivity index is 2.22. The summed E-state index contributed by atoms with van der Waals surface area (Å²) in [7, 11) is -0.765. The molecule has 3 nitrogen and oxygen atoms in total. The minimum atomic E-state index is -0.765. The van der Waals surface area contributed by atoms with Gasteiger partial charge in [0.05, 0.1) is 12.4 Å². The van der Waals surface area contributed by atoms with Crippen molar-refractivity contribution < 1.29 is 8.95 Å². The van der Waals surface area contributed by atoms with E-state index in [2.05, 4.69) is 13.8 Å². The predicted molar refractivity (Wildman–Crippen MR) is 77.2 cm³/mol. The summed E-state index contributed by atoms with van der Waals surface area (Å²) in [4.78, 5) is 0. The molecule has 0 aliphatic heterocycles. The molecule has 18 heavy (non-hydrogen) atoms. The first-order valence-corrected chi connectivity index (χ1v) is 7.87. The molecule has 0 bridgehead atoms. The number of rotatable bonds is 8. The number of nitrogens with two attached hydrogens (primary N) is 1. The van der Waals surface area contributed by atoms with Gasteiger partial charge in [0.15, 0.2) is 0 Å². The fraction of sp³-hybridized carbons (Fsp3) is 0.571. The highest BCUT2D eigenvalue weighted by Crippen LogP contribution is 2.11. The quantitative estimate of drug-likeness (QED) is 0.788. The van der Waals surface area contributed by atoms with E-state index >= 15 is 0 Å². The second-order valence-electron chi connectivity index (χ2n) is 4.73. The van der Waals surface area contributed by atoms with Crippen LogP contribution in [0.15, 0.2) is 24.3 Å². The van der Waals surface area contributed by atoms with E-state index < -0.39 is 10.8 Å². The maximum absolute atomic E-state index is 11.7. The van der Waals surface area contributed by atoms with Gasteiger partial charge in [0.25, 0.3) is 0 Å². The third kappa shape index (κ3) is 6.17. The van der Waals surface area contributed by atoms with Crippen LogP contribution in [0.2, 0.25) is 0 Å². The largest absolute Gasteiger partial charge is 0.493 e. The SMILES string of the molecule is CC(C)CCS(=O)CCOc1ccc(CN)cc1. The van der Waals surface area contributed by atoms with E-state index in [1.54, 1.807) is 0 Å². The van der Waals surface area contributed by atoms with Crippen molar-refractivity contribution in [3.63, 3.8) is 0 Å². The number of ether oxygens (including phenoxy) is 1. The van der Waals surface area contributed by atoms with E-state index in [1.807, 2.05) is 24.3 Å². The van der Waals surface area contributed by atoms with Crippen molar-refractivity contribution in [3.05, 3.63) is 29.8 Å². The minimum Gasteiger partial charge on any atom is -0.493 e. The summed E-state index contributed by atoms with van der Waals surface area (Å²) < 4.78 is 17.2. The van der Waals surface area contributed by atoms with Crippen LogP contribution in [0.4, 0.5) is 0 Å². The summed E-state index contributed by atoms with van der Waals surface area (Å²) >= 11 is 0. The van der Waals surface area contributed by atoms with Gasteiger partial charge >= 0.3 is 0 Å². The molecule has 0 aliphatic rings. The average molecular weight is 269 g/mol. The molecule has 0 spiro atoms. The van der Waals surface area contributed by atoms with E-state index in [1.165, 1.54) is 0 Å². The minimum absolute atomic E-state index is 0.507. The van der Waals surface area contributed by atoms with Gasteiger partial charge in [-0.25, -0.2) is 0 Å². The molecular weight excluding hydrogens is 246 g/mol. The molecule has 0 saturated carbocycles. The van der Waals surface area contributed by atoms with Gasteiger partial charge in [0.1, 0.15) is 5.75 Å². The lowest BCUT2D eigenvalue weighted by Gasteiger charge is -2.07.